The van der Waals surface area contributed by atoms with Gasteiger partial charge in [0.1, 0.15) is 17.6 Å². The SMILES string of the molecule is C=CC(=O)Nc1cc(Nc2nc(-c3ccnc(N4CCn5c(cc6c5CC(C)(C)C6)C4=O)c3CO)cn(C)c2=O)ccc1N1CCN(C2COC2)C[C@H]1C(F)(F)F. The molecule has 0 saturated carbocycles. The second kappa shape index (κ2) is 14.5. The number of carbonyl (C=O) groups excluding carboxylic acids is 2. The number of nitrogens with zero attached hydrogens (tertiary/aromatic N) is 7. The molecule has 1 aromatic carbocycles. The molecule has 300 valence electrons. The molecule has 4 aromatic rings. The van der Waals surface area contributed by atoms with Crippen molar-refractivity contribution in [2.45, 2.75) is 58.1 Å². The first-order valence-electron chi connectivity index (χ1n) is 18.9. The Morgan fingerprint density at radius 2 is 1.89 bits per heavy atom. The molecule has 0 radical (unpaired) electrons. The van der Waals surface area contributed by atoms with Crippen molar-refractivity contribution in [1.82, 2.24) is 24.0 Å². The van der Waals surface area contributed by atoms with Crippen LogP contribution in [0, 0.1) is 5.41 Å². The highest BCUT2D eigenvalue weighted by molar-refractivity contribution is 6.06. The summed E-state index contributed by atoms with van der Waals surface area (Å²) in [4.78, 5) is 53.7. The van der Waals surface area contributed by atoms with Crippen LogP contribution in [0.2, 0.25) is 0 Å². The van der Waals surface area contributed by atoms with Crippen molar-refractivity contribution in [2.24, 2.45) is 12.5 Å². The molecule has 0 unspecified atom stereocenters. The highest BCUT2D eigenvalue weighted by Crippen LogP contribution is 2.41. The number of hydrogen-bond acceptors (Lipinski definition) is 10. The van der Waals surface area contributed by atoms with E-state index in [1.165, 1.54) is 58.4 Å². The fourth-order valence-corrected chi connectivity index (χ4v) is 8.46. The Kier molecular flexibility index (Phi) is 9.72. The number of carbonyl (C=O) groups is 2. The van der Waals surface area contributed by atoms with Crippen LogP contribution in [-0.2, 0) is 42.6 Å². The zero-order valence-electron chi connectivity index (χ0n) is 31.9. The number of alkyl halides is 3. The summed E-state index contributed by atoms with van der Waals surface area (Å²) in [5.41, 5.74) is 4.16. The van der Waals surface area contributed by atoms with Gasteiger partial charge in [0.05, 0.1) is 42.9 Å². The average Bonchev–Trinajstić information content (AvgIpc) is 3.64. The number of aromatic nitrogens is 4. The number of benzene rings is 1. The number of rotatable bonds is 9. The van der Waals surface area contributed by atoms with Gasteiger partial charge in [0, 0.05) is 74.7 Å². The predicted octanol–water partition coefficient (Wildman–Crippen LogP) is 4.24. The highest BCUT2D eigenvalue weighted by Gasteiger charge is 2.49. The van der Waals surface area contributed by atoms with Crippen LogP contribution < -0.4 is 26.0 Å². The Morgan fingerprint density at radius 1 is 1.11 bits per heavy atom. The largest absolute Gasteiger partial charge is 0.409 e. The third-order valence-corrected chi connectivity index (χ3v) is 11.4. The van der Waals surface area contributed by atoms with E-state index in [0.29, 0.717) is 55.4 Å². The third-order valence-electron chi connectivity index (χ3n) is 11.4. The smallest absolute Gasteiger partial charge is 0.392 e. The molecule has 3 aromatic heterocycles. The number of halogens is 3. The molecule has 8 rings (SSSR count). The Hall–Kier alpha value is -5.52. The Morgan fingerprint density at radius 3 is 2.60 bits per heavy atom. The standard InChI is InChI=1S/C40H44F3N9O5/c1-5-34(54)46-28-15-24(6-7-30(28)51-11-10-49(25-21-57-22-25)19-33(51)40(41,42)43)45-35-38(56)48(4)18-29(47-35)26-8-9-44-36(27(26)20-53)52-13-12-50-31(37(52)55)14-23-16-39(2,3)17-32(23)50/h5-9,14-15,18,25,33,53H,1,10-13,16-17,19-22H2,2-4H3,(H,45,47)(H,46,54)/t33-/m0/s1. The number of amides is 2. The number of ether oxygens (including phenoxy) is 1. The summed E-state index contributed by atoms with van der Waals surface area (Å²) in [7, 11) is 1.54. The number of hydrogen-bond donors (Lipinski definition) is 3. The average molecular weight is 788 g/mol. The predicted molar refractivity (Wildman–Crippen MR) is 208 cm³/mol. The molecule has 1 aliphatic carbocycles. The van der Waals surface area contributed by atoms with Gasteiger partial charge in [-0.2, -0.15) is 13.2 Å². The maximum atomic E-state index is 14.5. The first-order valence-corrected chi connectivity index (χ1v) is 18.9. The van der Waals surface area contributed by atoms with E-state index in [1.54, 1.807) is 15.9 Å². The van der Waals surface area contributed by atoms with E-state index >= 15 is 0 Å². The summed E-state index contributed by atoms with van der Waals surface area (Å²) in [6.45, 7) is 9.30. The second-order valence-corrected chi connectivity index (χ2v) is 15.8. The molecular formula is C40H44F3N9O5. The summed E-state index contributed by atoms with van der Waals surface area (Å²) in [6.07, 6.45) is 1.26. The minimum Gasteiger partial charge on any atom is -0.392 e. The van der Waals surface area contributed by atoms with Gasteiger partial charge in [0.2, 0.25) is 5.91 Å². The lowest BCUT2D eigenvalue weighted by molar-refractivity contribution is -0.165. The maximum absolute atomic E-state index is 14.5. The molecule has 1 atom stereocenters. The number of aliphatic hydroxyl groups is 1. The van der Waals surface area contributed by atoms with Crippen molar-refractivity contribution in [1.29, 1.82) is 0 Å². The fraction of sp³-hybridized carbons (Fsp3) is 0.425. The van der Waals surface area contributed by atoms with Crippen molar-refractivity contribution >= 4 is 40.5 Å². The van der Waals surface area contributed by atoms with E-state index < -0.39 is 30.3 Å². The minimum atomic E-state index is -4.57. The molecule has 17 heteroatoms. The van der Waals surface area contributed by atoms with Crippen molar-refractivity contribution in [3.8, 4) is 11.3 Å². The maximum Gasteiger partial charge on any atom is 0.409 e. The van der Waals surface area contributed by atoms with Gasteiger partial charge in [-0.15, -0.1) is 0 Å². The zero-order valence-corrected chi connectivity index (χ0v) is 31.9. The van der Waals surface area contributed by atoms with Crippen LogP contribution in [0.5, 0.6) is 0 Å². The van der Waals surface area contributed by atoms with Crippen LogP contribution in [0.25, 0.3) is 11.3 Å². The summed E-state index contributed by atoms with van der Waals surface area (Å²) in [5, 5.41) is 16.3. The number of nitrogens with one attached hydrogen (secondary N) is 2. The van der Waals surface area contributed by atoms with Crippen molar-refractivity contribution in [2.75, 3.05) is 59.8 Å². The molecule has 3 aliphatic heterocycles. The molecule has 0 bridgehead atoms. The number of aliphatic hydroxyl groups excluding tert-OH is 1. The molecule has 2 fully saturated rings. The summed E-state index contributed by atoms with van der Waals surface area (Å²) in [5.74, 6) is -0.686. The van der Waals surface area contributed by atoms with Crippen LogP contribution in [0.1, 0.15) is 41.2 Å². The Bertz CT molecular complexity index is 2330. The van der Waals surface area contributed by atoms with Gasteiger partial charge in [-0.25, -0.2) is 9.97 Å². The van der Waals surface area contributed by atoms with Gasteiger partial charge < -0.3 is 34.5 Å². The molecule has 57 heavy (non-hydrogen) atoms. The third kappa shape index (κ3) is 7.08. The molecule has 2 amide bonds. The lowest BCUT2D eigenvalue weighted by atomic mass is 9.90. The number of anilines is 5. The van der Waals surface area contributed by atoms with Gasteiger partial charge in [0.15, 0.2) is 5.82 Å². The van der Waals surface area contributed by atoms with Crippen LogP contribution in [0.15, 0.2) is 60.2 Å². The minimum absolute atomic E-state index is 0.0475. The van der Waals surface area contributed by atoms with E-state index in [-0.39, 0.29) is 59.2 Å². The Labute approximate surface area is 326 Å². The molecule has 4 aliphatic rings. The van der Waals surface area contributed by atoms with Crippen molar-refractivity contribution in [3.05, 3.63) is 88.2 Å². The fourth-order valence-electron chi connectivity index (χ4n) is 8.46. The van der Waals surface area contributed by atoms with Crippen LogP contribution >= 0.6 is 0 Å². The monoisotopic (exact) mass is 787 g/mol. The lowest BCUT2D eigenvalue weighted by Gasteiger charge is -2.48. The number of aryl methyl sites for hydroxylation is 1. The normalized spacial score (nSPS) is 19.6. The molecule has 0 spiro atoms. The first-order chi connectivity index (χ1) is 27.2. The van der Waals surface area contributed by atoms with E-state index in [1.807, 2.05) is 6.07 Å². The van der Waals surface area contributed by atoms with Crippen molar-refractivity contribution < 1.29 is 32.6 Å². The molecule has 14 nitrogen and oxygen atoms in total. The molecular weight excluding hydrogens is 743 g/mol. The summed E-state index contributed by atoms with van der Waals surface area (Å²) < 4.78 is 52.2. The number of pyridine rings is 1. The van der Waals surface area contributed by atoms with Gasteiger partial charge in [0.25, 0.3) is 11.5 Å². The molecule has 3 N–H and O–H groups in total. The number of piperazine rings is 1. The van der Waals surface area contributed by atoms with Gasteiger partial charge in [-0.05, 0) is 60.2 Å². The zero-order chi connectivity index (χ0) is 40.4. The van der Waals surface area contributed by atoms with E-state index in [0.717, 1.165) is 18.9 Å². The molecule has 2 saturated heterocycles. The quantitative estimate of drug-likeness (QED) is 0.211. The van der Waals surface area contributed by atoms with Crippen LogP contribution in [-0.4, -0.2) is 98.6 Å². The van der Waals surface area contributed by atoms with E-state index in [2.05, 4.69) is 45.6 Å². The van der Waals surface area contributed by atoms with E-state index in [9.17, 15) is 32.7 Å². The highest BCUT2D eigenvalue weighted by atomic mass is 19.4. The first kappa shape index (κ1) is 38.4. The summed E-state index contributed by atoms with van der Waals surface area (Å²) >= 11 is 0. The topological polar surface area (TPSA) is 150 Å². The Balaban J connectivity index is 1.10. The second-order valence-electron chi connectivity index (χ2n) is 15.8. The van der Waals surface area contributed by atoms with Gasteiger partial charge >= 0.3 is 6.18 Å². The van der Waals surface area contributed by atoms with Crippen LogP contribution in [0.4, 0.5) is 41.9 Å². The van der Waals surface area contributed by atoms with Crippen molar-refractivity contribution in [3.63, 3.8) is 0 Å². The van der Waals surface area contributed by atoms with Gasteiger partial charge in [-0.3, -0.25) is 24.2 Å². The summed E-state index contributed by atoms with van der Waals surface area (Å²) in [6, 6.07) is 6.13. The van der Waals surface area contributed by atoms with Crippen LogP contribution in [0.3, 0.4) is 0 Å². The van der Waals surface area contributed by atoms with E-state index in [4.69, 9.17) is 4.74 Å². The van der Waals surface area contributed by atoms with Gasteiger partial charge in [-0.1, -0.05) is 20.4 Å². The number of fused-ring (bicyclic) bond motifs is 3. The lowest BCUT2D eigenvalue weighted by Crippen LogP contribution is -2.64. The molecule has 6 heterocycles.